The quantitative estimate of drug-likeness (QED) is 0.00892. The highest BCUT2D eigenvalue weighted by atomic mass is 16.5. The molecule has 0 fully saturated rings. The van der Waals surface area contributed by atoms with Crippen LogP contribution in [0, 0.1) is 29.6 Å². The fraction of sp³-hybridized carbons (Fsp3) is 0.464. The number of rotatable bonds is 56. The number of ketones is 1. The number of anilines is 7. The summed E-state index contributed by atoms with van der Waals surface area (Å²) in [5, 5.41) is 42.3. The predicted octanol–water partition coefficient (Wildman–Crippen LogP) is 26.9. The average Bonchev–Trinajstić information content (AvgIpc) is 0.783. The van der Waals surface area contributed by atoms with Gasteiger partial charge in [0.1, 0.15) is 34.5 Å². The molecular formula is C110H146N10O15. The number of unbranched alkanes of at least 4 members (excludes halogenated alkanes) is 8. The Kier molecular flexibility index (Phi) is 47.2. The lowest BCUT2D eigenvalue weighted by atomic mass is 9.97. The lowest BCUT2D eigenvalue weighted by Gasteiger charge is -2.21. The second-order valence-corrected chi connectivity index (χ2v) is 34.3. The molecule has 2 heterocycles. The van der Waals surface area contributed by atoms with Crippen LogP contribution in [0.25, 0.3) is 34.2 Å². The minimum atomic E-state index is -0.510. The fourth-order valence-electron chi connectivity index (χ4n) is 15.1. The van der Waals surface area contributed by atoms with Crippen molar-refractivity contribution >= 4 is 70.3 Å². The Balaban J connectivity index is 0.000000264. The number of aromatic hydroxyl groups is 3. The molecule has 6 N–H and O–H groups in total. The van der Waals surface area contributed by atoms with Crippen molar-refractivity contribution in [3.63, 3.8) is 0 Å². The molecule has 0 saturated carbocycles. The van der Waals surface area contributed by atoms with E-state index >= 15 is 0 Å². The van der Waals surface area contributed by atoms with Crippen LogP contribution in [0.15, 0.2) is 176 Å². The number of ether oxygens (including phenoxy) is 7. The second kappa shape index (κ2) is 59.2. The average molecular weight is 1850 g/mol. The standard InChI is InChI=1S/C48H66N6O6.C38H49N3O5.C24H31NO4/c1-7-13-16-34(10-4)31-58-43(55)37-19-25-40(26-20-37)49-46-52-47(50-41-27-21-38(22-28-41)44(56)59-32-35(11-5)17-14-8-2)54-48(53-46)51-42-29-23-39(24-30-42)45(57)60-33-36(12-6)18-15-9-3;1-6-10-12-26(8-3)24-45-30-18-20-32(34(42)22-30)37-39-36(28-14-16-29(44-5)17-15-28)40-38(41-37)33-21-19-31(23-35(33)43)46-25-27(9-4)13-11-7-2;1-4-7-8-11-16-29-24(28)20-13-10-9-12-19(20)23(27)21-15-14-18(17-22(21)26)25(5-2)6-3/h19-30,34-36H,7-18,31-33H2,1-6H3,(H3,49,50,51,52,53,54);14-23,26-27,42-43H,6-13,24-25H2,1-5H3;9-10,12-15,17,26H,4-8,11,16H2,1-3H3. The van der Waals surface area contributed by atoms with E-state index in [9.17, 15) is 39.3 Å². The van der Waals surface area contributed by atoms with Crippen LogP contribution >= 0.6 is 0 Å². The highest BCUT2D eigenvalue weighted by molar-refractivity contribution is 6.16. The topological polar surface area (TPSA) is 327 Å². The minimum Gasteiger partial charge on any atom is -0.507 e. The van der Waals surface area contributed by atoms with Gasteiger partial charge in [0.2, 0.25) is 17.8 Å². The maximum atomic E-state index is 13.0. The largest absolute Gasteiger partial charge is 0.507 e. The first-order chi connectivity index (χ1) is 65.6. The number of esters is 4. The van der Waals surface area contributed by atoms with Gasteiger partial charge in [-0.05, 0) is 221 Å². The SMILES string of the molecule is CCCCC(CC)COC(=O)c1ccc(Nc2nc(Nc3ccc(C(=O)OCC(CC)CCCC)cc3)nc(Nc3ccc(C(=O)OCC(CC)CCCC)cc3)n2)cc1.CCCCC(CC)COc1ccc(-c2nc(-c3ccc(OC)cc3)nc(-c3ccc(OCC(CC)CCCC)cc3O)n2)c(O)c1.CCCCCCOC(=O)c1ccccc1C(=O)c1ccc(N(CC)CC)cc1O. The zero-order valence-corrected chi connectivity index (χ0v) is 82.1. The lowest BCUT2D eigenvalue weighted by molar-refractivity contribution is 0.0419. The fourth-order valence-corrected chi connectivity index (χ4v) is 15.1. The van der Waals surface area contributed by atoms with E-state index in [-0.39, 0.29) is 81.3 Å². The predicted molar refractivity (Wildman–Crippen MR) is 539 cm³/mol. The van der Waals surface area contributed by atoms with E-state index in [4.69, 9.17) is 48.1 Å². The molecule has 0 saturated heterocycles. The molecular weight excluding hydrogens is 1700 g/mol. The molecule has 726 valence electrons. The minimum absolute atomic E-state index is 0.00143. The molecule has 0 aliphatic carbocycles. The van der Waals surface area contributed by atoms with Gasteiger partial charge >= 0.3 is 23.9 Å². The molecule has 25 nitrogen and oxygen atoms in total. The molecule has 5 atom stereocenters. The number of hydrogen-bond donors (Lipinski definition) is 6. The summed E-state index contributed by atoms with van der Waals surface area (Å²) in [4.78, 5) is 94.1. The molecule has 5 unspecified atom stereocenters. The maximum absolute atomic E-state index is 13.0. The van der Waals surface area contributed by atoms with Crippen molar-refractivity contribution in [3.05, 3.63) is 209 Å². The van der Waals surface area contributed by atoms with E-state index < -0.39 is 11.8 Å². The van der Waals surface area contributed by atoms with Crippen LogP contribution in [0.5, 0.6) is 34.5 Å². The molecule has 0 amide bonds. The number of phenols is 3. The Bertz CT molecular complexity index is 4910. The Hall–Kier alpha value is -12.7. The molecule has 10 rings (SSSR count). The van der Waals surface area contributed by atoms with E-state index in [1.54, 1.807) is 141 Å². The number of carbonyl (C=O) groups excluding carboxylic acids is 5. The van der Waals surface area contributed by atoms with Crippen LogP contribution < -0.4 is 35.1 Å². The Morgan fingerprint density at radius 1 is 0.333 bits per heavy atom. The molecule has 0 radical (unpaired) electrons. The summed E-state index contributed by atoms with van der Waals surface area (Å²) in [6.45, 7) is 32.1. The van der Waals surface area contributed by atoms with Crippen LogP contribution in [0.1, 0.15) is 301 Å². The van der Waals surface area contributed by atoms with Gasteiger partial charge in [0.25, 0.3) is 0 Å². The van der Waals surface area contributed by atoms with Gasteiger partial charge in [-0.15, -0.1) is 0 Å². The zero-order valence-electron chi connectivity index (χ0n) is 82.1. The molecule has 0 bridgehead atoms. The summed E-state index contributed by atoms with van der Waals surface area (Å²) in [5.74, 6) is 3.45. The smallest absolute Gasteiger partial charge is 0.338 e. The van der Waals surface area contributed by atoms with Crippen LogP contribution in [0.2, 0.25) is 0 Å². The lowest BCUT2D eigenvalue weighted by Crippen LogP contribution is -2.21. The van der Waals surface area contributed by atoms with Gasteiger partial charge in [-0.25, -0.2) is 34.1 Å². The van der Waals surface area contributed by atoms with Crippen molar-refractivity contribution in [2.24, 2.45) is 29.6 Å². The highest BCUT2D eigenvalue weighted by Gasteiger charge is 2.26. The van der Waals surface area contributed by atoms with Gasteiger partial charge in [0.15, 0.2) is 23.3 Å². The van der Waals surface area contributed by atoms with Gasteiger partial charge in [-0.2, -0.15) is 15.0 Å². The summed E-state index contributed by atoms with van der Waals surface area (Å²) in [6.07, 6.45) is 25.8. The van der Waals surface area contributed by atoms with Gasteiger partial charge < -0.3 is 69.3 Å². The summed E-state index contributed by atoms with van der Waals surface area (Å²) < 4.78 is 39.7. The number of phenolic OH excluding ortho intramolecular Hbond substituents is 3. The summed E-state index contributed by atoms with van der Waals surface area (Å²) in [5.41, 5.74) is 6.38. The van der Waals surface area contributed by atoms with Crippen LogP contribution in [0.4, 0.5) is 40.6 Å². The molecule has 0 aliphatic rings. The van der Waals surface area contributed by atoms with Crippen LogP contribution in [0.3, 0.4) is 0 Å². The normalized spacial score (nSPS) is 12.1. The zero-order chi connectivity index (χ0) is 97.2. The van der Waals surface area contributed by atoms with Crippen molar-refractivity contribution < 1.29 is 72.5 Å². The van der Waals surface area contributed by atoms with Gasteiger partial charge in [-0.1, -0.05) is 210 Å². The first kappa shape index (κ1) is 108. The van der Waals surface area contributed by atoms with E-state index in [1.165, 1.54) is 12.8 Å². The maximum Gasteiger partial charge on any atom is 0.338 e. The van der Waals surface area contributed by atoms with Crippen molar-refractivity contribution in [3.8, 4) is 68.7 Å². The van der Waals surface area contributed by atoms with E-state index in [1.807, 2.05) is 56.3 Å². The molecule has 2 aromatic heterocycles. The van der Waals surface area contributed by atoms with Gasteiger partial charge in [-0.3, -0.25) is 4.79 Å². The molecule has 25 heteroatoms. The summed E-state index contributed by atoms with van der Waals surface area (Å²) in [6, 6.07) is 50.2. The third-order valence-corrected chi connectivity index (χ3v) is 24.2. The van der Waals surface area contributed by atoms with E-state index in [0.717, 1.165) is 166 Å². The Labute approximate surface area is 800 Å². The monoisotopic (exact) mass is 1850 g/mol. The first-order valence-electron chi connectivity index (χ1n) is 49.2. The number of methoxy groups -OCH3 is 1. The van der Waals surface area contributed by atoms with Crippen molar-refractivity contribution in [2.45, 2.75) is 244 Å². The number of carbonyl (C=O) groups is 5. The number of nitrogens with zero attached hydrogens (tertiary/aromatic N) is 7. The van der Waals surface area contributed by atoms with Crippen LogP contribution in [-0.2, 0) is 18.9 Å². The third kappa shape index (κ3) is 35.3. The highest BCUT2D eigenvalue weighted by Crippen LogP contribution is 2.38. The molecule has 0 aliphatic heterocycles. The molecule has 0 spiro atoms. The number of nitrogens with one attached hydrogen (secondary N) is 3. The Morgan fingerprint density at radius 2 is 0.696 bits per heavy atom. The van der Waals surface area contributed by atoms with E-state index in [0.29, 0.717) is 137 Å². The van der Waals surface area contributed by atoms with Crippen molar-refractivity contribution in [2.75, 3.05) is 80.7 Å². The third-order valence-electron chi connectivity index (χ3n) is 24.2. The summed E-state index contributed by atoms with van der Waals surface area (Å²) in [7, 11) is 1.61. The first-order valence-corrected chi connectivity index (χ1v) is 49.2. The van der Waals surface area contributed by atoms with Gasteiger partial charge in [0.05, 0.1) is 85.7 Å². The molecule has 10 aromatic rings. The number of aromatic nitrogens is 6. The van der Waals surface area contributed by atoms with Gasteiger partial charge in [0, 0.05) is 65.2 Å². The molecule has 8 aromatic carbocycles. The summed E-state index contributed by atoms with van der Waals surface area (Å²) >= 11 is 0. The van der Waals surface area contributed by atoms with Crippen molar-refractivity contribution in [1.82, 2.24) is 29.9 Å². The Morgan fingerprint density at radius 3 is 1.04 bits per heavy atom. The van der Waals surface area contributed by atoms with E-state index in [2.05, 4.69) is 112 Å². The molecule has 135 heavy (non-hydrogen) atoms. The van der Waals surface area contributed by atoms with Crippen molar-refractivity contribution in [1.29, 1.82) is 0 Å². The number of benzene rings is 8. The van der Waals surface area contributed by atoms with Crippen LogP contribution in [-0.4, -0.2) is 135 Å². The number of hydrogen-bond acceptors (Lipinski definition) is 25. The second-order valence-electron chi connectivity index (χ2n) is 34.3.